The van der Waals surface area contributed by atoms with Gasteiger partial charge in [-0.2, -0.15) is 0 Å². The van der Waals surface area contributed by atoms with E-state index in [2.05, 4.69) is 26.6 Å². The molecule has 0 bridgehead atoms. The summed E-state index contributed by atoms with van der Waals surface area (Å²) in [5.41, 5.74) is -0.0752. The molecule has 0 unspecified atom stereocenters. The molecule has 0 aromatic heterocycles. The first-order valence-corrected chi connectivity index (χ1v) is 6.09. The van der Waals surface area contributed by atoms with Gasteiger partial charge in [0.25, 0.3) is 0 Å². The molecule has 6 nitrogen and oxygen atoms in total. The van der Waals surface area contributed by atoms with Crippen molar-refractivity contribution >= 4 is 33.6 Å². The summed E-state index contributed by atoms with van der Waals surface area (Å²) < 4.78 is 13.9. The molecule has 0 saturated carbocycles. The predicted molar refractivity (Wildman–Crippen MR) is 69.4 cm³/mol. The first-order valence-electron chi connectivity index (χ1n) is 5.30. The summed E-state index contributed by atoms with van der Waals surface area (Å²) in [6, 6.07) is 1.94. The minimum Gasteiger partial charge on any atom is -0.480 e. The van der Waals surface area contributed by atoms with Crippen molar-refractivity contribution in [2.75, 3.05) is 11.9 Å². The van der Waals surface area contributed by atoms with Crippen LogP contribution in [0.15, 0.2) is 22.7 Å². The number of aliphatic carboxylic acids is 1. The van der Waals surface area contributed by atoms with Gasteiger partial charge in [0, 0.05) is 17.5 Å². The highest BCUT2D eigenvalue weighted by Gasteiger charge is 2.19. The standard InChI is InChI=1S/C11H12BrFN2O4/c12-6-1-2-8(7(13)5-6)14-11(19)15-9(3-4-16)10(17)18/h1-2,5,9,16H,3-4H2,(H,17,18)(H2,14,15,19)/t9-/m1/s1. The lowest BCUT2D eigenvalue weighted by atomic mass is 10.2. The lowest BCUT2D eigenvalue weighted by molar-refractivity contribution is -0.139. The zero-order valence-corrected chi connectivity index (χ0v) is 11.3. The van der Waals surface area contributed by atoms with Crippen molar-refractivity contribution in [1.82, 2.24) is 5.32 Å². The molecular formula is C11H12BrFN2O4. The van der Waals surface area contributed by atoms with Crippen LogP contribution in [-0.2, 0) is 4.79 Å². The third-order valence-corrected chi connectivity index (χ3v) is 2.69. The number of nitrogens with one attached hydrogen (secondary N) is 2. The maximum absolute atomic E-state index is 13.4. The van der Waals surface area contributed by atoms with E-state index in [9.17, 15) is 14.0 Å². The summed E-state index contributed by atoms with van der Waals surface area (Å²) in [5, 5.41) is 21.7. The molecule has 0 aliphatic heterocycles. The molecule has 0 spiro atoms. The molecule has 4 N–H and O–H groups in total. The number of urea groups is 1. The molecule has 0 aliphatic rings. The number of carboxylic acid groups (broad SMARTS) is 1. The van der Waals surface area contributed by atoms with E-state index in [1.165, 1.54) is 12.1 Å². The van der Waals surface area contributed by atoms with Gasteiger partial charge in [0.1, 0.15) is 11.9 Å². The molecule has 19 heavy (non-hydrogen) atoms. The Bertz CT molecular complexity index is 484. The number of aliphatic hydroxyl groups excluding tert-OH is 1. The number of hydrogen-bond acceptors (Lipinski definition) is 3. The second-order valence-electron chi connectivity index (χ2n) is 3.63. The van der Waals surface area contributed by atoms with E-state index in [-0.39, 0.29) is 18.7 Å². The third kappa shape index (κ3) is 4.84. The summed E-state index contributed by atoms with van der Waals surface area (Å²) in [6.45, 7) is -0.385. The van der Waals surface area contributed by atoms with Crippen LogP contribution in [0.5, 0.6) is 0 Å². The van der Waals surface area contributed by atoms with Gasteiger partial charge in [0.15, 0.2) is 0 Å². The number of hydrogen-bond donors (Lipinski definition) is 4. The average molecular weight is 335 g/mol. The van der Waals surface area contributed by atoms with Gasteiger partial charge < -0.3 is 20.8 Å². The molecule has 0 aliphatic carbocycles. The van der Waals surface area contributed by atoms with Crippen LogP contribution in [0.2, 0.25) is 0 Å². The van der Waals surface area contributed by atoms with Crippen LogP contribution in [0.3, 0.4) is 0 Å². The number of aliphatic hydroxyl groups is 1. The first-order chi connectivity index (χ1) is 8.93. The van der Waals surface area contributed by atoms with Crippen LogP contribution in [0.25, 0.3) is 0 Å². The Morgan fingerprint density at radius 2 is 2.11 bits per heavy atom. The smallest absolute Gasteiger partial charge is 0.326 e. The zero-order valence-electron chi connectivity index (χ0n) is 9.69. The van der Waals surface area contributed by atoms with Gasteiger partial charge in [0.2, 0.25) is 0 Å². The lowest BCUT2D eigenvalue weighted by Gasteiger charge is -2.14. The van der Waals surface area contributed by atoms with Gasteiger partial charge in [-0.3, -0.25) is 0 Å². The van der Waals surface area contributed by atoms with E-state index in [0.29, 0.717) is 4.47 Å². The highest BCUT2D eigenvalue weighted by atomic mass is 79.9. The number of carbonyl (C=O) groups is 2. The maximum Gasteiger partial charge on any atom is 0.326 e. The molecule has 1 aromatic carbocycles. The molecule has 1 rings (SSSR count). The van der Waals surface area contributed by atoms with Gasteiger partial charge in [-0.15, -0.1) is 0 Å². The largest absolute Gasteiger partial charge is 0.480 e. The van der Waals surface area contributed by atoms with Gasteiger partial charge >= 0.3 is 12.0 Å². The van der Waals surface area contributed by atoms with Crippen molar-refractivity contribution in [3.8, 4) is 0 Å². The molecule has 2 amide bonds. The minimum absolute atomic E-state index is 0.0752. The first kappa shape index (κ1) is 15.4. The highest BCUT2D eigenvalue weighted by Crippen LogP contribution is 2.19. The van der Waals surface area contributed by atoms with Crippen molar-refractivity contribution in [2.45, 2.75) is 12.5 Å². The van der Waals surface area contributed by atoms with Gasteiger partial charge in [0.05, 0.1) is 5.69 Å². The van der Waals surface area contributed by atoms with Crippen molar-refractivity contribution in [3.63, 3.8) is 0 Å². The van der Waals surface area contributed by atoms with E-state index >= 15 is 0 Å². The minimum atomic E-state index is -1.28. The van der Waals surface area contributed by atoms with Crippen LogP contribution in [0, 0.1) is 5.82 Å². The Kier molecular flexibility index (Phi) is 5.71. The monoisotopic (exact) mass is 334 g/mol. The van der Waals surface area contributed by atoms with Crippen LogP contribution >= 0.6 is 15.9 Å². The second kappa shape index (κ2) is 7.05. The molecule has 0 saturated heterocycles. The summed E-state index contributed by atoms with van der Waals surface area (Å²) in [6.07, 6.45) is -0.133. The van der Waals surface area contributed by atoms with Crippen LogP contribution < -0.4 is 10.6 Å². The third-order valence-electron chi connectivity index (χ3n) is 2.20. The predicted octanol–water partition coefficient (Wildman–Crippen LogP) is 1.55. The Hall–Kier alpha value is -1.67. The van der Waals surface area contributed by atoms with Gasteiger partial charge in [-0.1, -0.05) is 15.9 Å². The van der Waals surface area contributed by atoms with Crippen LogP contribution in [0.1, 0.15) is 6.42 Å². The average Bonchev–Trinajstić information content (AvgIpc) is 2.32. The number of anilines is 1. The van der Waals surface area contributed by atoms with E-state index in [1.54, 1.807) is 0 Å². The Morgan fingerprint density at radius 3 is 2.63 bits per heavy atom. The fourth-order valence-electron chi connectivity index (χ4n) is 1.29. The quantitative estimate of drug-likeness (QED) is 0.656. The summed E-state index contributed by atoms with van der Waals surface area (Å²) in [7, 11) is 0. The van der Waals surface area contributed by atoms with Crippen LogP contribution in [-0.4, -0.2) is 34.9 Å². The highest BCUT2D eigenvalue weighted by molar-refractivity contribution is 9.10. The second-order valence-corrected chi connectivity index (χ2v) is 4.54. The molecule has 1 atom stereocenters. The van der Waals surface area contributed by atoms with E-state index in [0.717, 1.165) is 6.07 Å². The van der Waals surface area contributed by atoms with E-state index in [4.69, 9.17) is 10.2 Å². The van der Waals surface area contributed by atoms with Gasteiger partial charge in [-0.25, -0.2) is 14.0 Å². The molecule has 0 heterocycles. The molecule has 0 radical (unpaired) electrons. The fraction of sp³-hybridized carbons (Fsp3) is 0.273. The van der Waals surface area contributed by atoms with E-state index < -0.39 is 23.9 Å². The normalized spacial score (nSPS) is 11.7. The van der Waals surface area contributed by atoms with Crippen molar-refractivity contribution in [3.05, 3.63) is 28.5 Å². The van der Waals surface area contributed by atoms with E-state index in [1.807, 2.05) is 0 Å². The summed E-state index contributed by atoms with van der Waals surface area (Å²) >= 11 is 3.07. The number of rotatable bonds is 5. The molecule has 104 valence electrons. The summed E-state index contributed by atoms with van der Waals surface area (Å²) in [5.74, 6) is -1.93. The molecule has 8 heteroatoms. The SMILES string of the molecule is O=C(Nc1ccc(Br)cc1F)N[C@H](CCO)C(=O)O. The maximum atomic E-state index is 13.4. The van der Waals surface area contributed by atoms with Gasteiger partial charge in [-0.05, 0) is 18.2 Å². The van der Waals surface area contributed by atoms with Crippen LogP contribution in [0.4, 0.5) is 14.9 Å². The van der Waals surface area contributed by atoms with Crippen molar-refractivity contribution in [2.24, 2.45) is 0 Å². The number of halogens is 2. The lowest BCUT2D eigenvalue weighted by Crippen LogP contribution is -2.43. The van der Waals surface area contributed by atoms with Crippen molar-refractivity contribution < 1.29 is 24.2 Å². The Balaban J connectivity index is 2.66. The molecule has 1 aromatic rings. The zero-order chi connectivity index (χ0) is 14.4. The topological polar surface area (TPSA) is 98.7 Å². The number of benzene rings is 1. The number of carbonyl (C=O) groups excluding carboxylic acids is 1. The Labute approximate surface area is 116 Å². The molecular weight excluding hydrogens is 323 g/mol. The number of carboxylic acids is 1. The van der Waals surface area contributed by atoms with Crippen molar-refractivity contribution in [1.29, 1.82) is 0 Å². The fourth-order valence-corrected chi connectivity index (χ4v) is 1.63. The Morgan fingerprint density at radius 1 is 1.42 bits per heavy atom. The molecule has 0 fully saturated rings. The number of amides is 2. The summed E-state index contributed by atoms with van der Waals surface area (Å²) in [4.78, 5) is 22.2.